The number of benzene rings is 2. The van der Waals surface area contributed by atoms with Crippen molar-refractivity contribution in [3.05, 3.63) is 65.7 Å². The zero-order valence-electron chi connectivity index (χ0n) is 17.0. The molecule has 1 aliphatic rings. The van der Waals surface area contributed by atoms with Crippen LogP contribution in [0.1, 0.15) is 49.5 Å². The van der Waals surface area contributed by atoms with Crippen LogP contribution < -0.4 is 5.32 Å². The smallest absolute Gasteiger partial charge is 0.410 e. The third-order valence-corrected chi connectivity index (χ3v) is 4.61. The lowest BCUT2D eigenvalue weighted by Gasteiger charge is -2.28. The maximum Gasteiger partial charge on any atom is 0.410 e. The van der Waals surface area contributed by atoms with Gasteiger partial charge >= 0.3 is 6.09 Å². The van der Waals surface area contributed by atoms with E-state index >= 15 is 0 Å². The van der Waals surface area contributed by atoms with Gasteiger partial charge in [-0.3, -0.25) is 14.5 Å². The summed E-state index contributed by atoms with van der Waals surface area (Å²) in [6.07, 6.45) is 0.834. The van der Waals surface area contributed by atoms with Crippen molar-refractivity contribution >= 4 is 23.5 Å². The molecule has 1 heterocycles. The maximum absolute atomic E-state index is 12.8. The highest BCUT2D eigenvalue weighted by Gasteiger charge is 2.36. The Bertz CT molecular complexity index is 903. The van der Waals surface area contributed by atoms with Gasteiger partial charge in [0, 0.05) is 23.4 Å². The first-order valence-electron chi connectivity index (χ1n) is 9.75. The van der Waals surface area contributed by atoms with E-state index in [0.29, 0.717) is 29.8 Å². The summed E-state index contributed by atoms with van der Waals surface area (Å²) >= 11 is 0. The Balaban J connectivity index is 1.70. The highest BCUT2D eigenvalue weighted by molar-refractivity contribution is 6.09. The molecule has 2 aromatic rings. The number of amides is 2. The molecule has 0 aliphatic carbocycles. The van der Waals surface area contributed by atoms with Gasteiger partial charge in [0.15, 0.2) is 5.78 Å². The van der Waals surface area contributed by atoms with E-state index in [2.05, 4.69) is 5.32 Å². The number of ether oxygens (including phenoxy) is 1. The molecule has 0 radical (unpaired) electrons. The molecule has 0 bridgehead atoms. The van der Waals surface area contributed by atoms with Gasteiger partial charge in [0.25, 0.3) is 0 Å². The van der Waals surface area contributed by atoms with Gasteiger partial charge in [-0.15, -0.1) is 0 Å². The zero-order valence-corrected chi connectivity index (χ0v) is 17.0. The molecule has 1 saturated heterocycles. The van der Waals surface area contributed by atoms with E-state index in [9.17, 15) is 14.4 Å². The third kappa shape index (κ3) is 5.22. The van der Waals surface area contributed by atoms with E-state index in [1.54, 1.807) is 57.2 Å². The predicted molar refractivity (Wildman–Crippen MR) is 111 cm³/mol. The van der Waals surface area contributed by atoms with Gasteiger partial charge in [0.05, 0.1) is 0 Å². The molecule has 2 aromatic carbocycles. The van der Waals surface area contributed by atoms with Crippen LogP contribution >= 0.6 is 0 Å². The number of anilines is 1. The van der Waals surface area contributed by atoms with Gasteiger partial charge in [-0.25, -0.2) is 4.79 Å². The van der Waals surface area contributed by atoms with Crippen molar-refractivity contribution < 1.29 is 19.1 Å². The van der Waals surface area contributed by atoms with Gasteiger partial charge in [-0.05, 0) is 45.7 Å². The summed E-state index contributed by atoms with van der Waals surface area (Å²) in [5, 5.41) is 2.84. The summed E-state index contributed by atoms with van der Waals surface area (Å²) in [5.74, 6) is -0.393. The topological polar surface area (TPSA) is 75.7 Å². The summed E-state index contributed by atoms with van der Waals surface area (Å²) in [5.41, 5.74) is 0.979. The molecule has 6 heteroatoms. The number of nitrogens with zero attached hydrogens (tertiary/aromatic N) is 1. The van der Waals surface area contributed by atoms with E-state index in [1.165, 1.54) is 4.90 Å². The van der Waals surface area contributed by atoms with Crippen LogP contribution in [0.2, 0.25) is 0 Å². The summed E-state index contributed by atoms with van der Waals surface area (Å²) in [7, 11) is 0. The van der Waals surface area contributed by atoms with E-state index in [4.69, 9.17) is 4.74 Å². The zero-order chi connectivity index (χ0) is 21.0. The van der Waals surface area contributed by atoms with Crippen molar-refractivity contribution in [3.63, 3.8) is 0 Å². The van der Waals surface area contributed by atoms with Crippen molar-refractivity contribution in [2.24, 2.45) is 0 Å². The van der Waals surface area contributed by atoms with Crippen LogP contribution in [-0.4, -0.2) is 40.9 Å². The fourth-order valence-corrected chi connectivity index (χ4v) is 3.30. The minimum Gasteiger partial charge on any atom is -0.444 e. The molecule has 3 rings (SSSR count). The highest BCUT2D eigenvalue weighted by Crippen LogP contribution is 2.23. The predicted octanol–water partition coefficient (Wildman–Crippen LogP) is 4.26. The third-order valence-electron chi connectivity index (χ3n) is 4.61. The van der Waals surface area contributed by atoms with Gasteiger partial charge in [-0.2, -0.15) is 0 Å². The Kier molecular flexibility index (Phi) is 6.01. The lowest BCUT2D eigenvalue weighted by molar-refractivity contribution is -0.120. The molecule has 1 atom stereocenters. The number of nitrogens with one attached hydrogen (secondary N) is 1. The fourth-order valence-electron chi connectivity index (χ4n) is 3.30. The van der Waals surface area contributed by atoms with Crippen molar-refractivity contribution in [2.75, 3.05) is 11.9 Å². The second-order valence-electron chi connectivity index (χ2n) is 8.10. The lowest BCUT2D eigenvalue weighted by Crippen LogP contribution is -2.45. The molecule has 0 aromatic heterocycles. The van der Waals surface area contributed by atoms with Crippen LogP contribution in [0.3, 0.4) is 0 Å². The maximum atomic E-state index is 12.8. The second-order valence-corrected chi connectivity index (χ2v) is 8.10. The molecule has 0 unspecified atom stereocenters. The van der Waals surface area contributed by atoms with Gasteiger partial charge in [-0.1, -0.05) is 42.5 Å². The second kappa shape index (κ2) is 8.47. The molecule has 152 valence electrons. The van der Waals surface area contributed by atoms with Crippen LogP contribution in [0.15, 0.2) is 54.6 Å². The molecule has 6 nitrogen and oxygen atoms in total. The largest absolute Gasteiger partial charge is 0.444 e. The SMILES string of the molecule is CC(C)(C)OC(=O)N1CCC[C@H]1C(=O)Nc1cccc(C(=O)c2ccccc2)c1. The first-order valence-corrected chi connectivity index (χ1v) is 9.75. The fraction of sp³-hybridized carbons (Fsp3) is 0.348. The lowest BCUT2D eigenvalue weighted by atomic mass is 10.0. The quantitative estimate of drug-likeness (QED) is 0.787. The molecule has 0 spiro atoms. The molecule has 2 amide bonds. The number of ketones is 1. The summed E-state index contributed by atoms with van der Waals surface area (Å²) < 4.78 is 5.41. The van der Waals surface area contributed by atoms with Crippen LogP contribution in [0.25, 0.3) is 0 Å². The van der Waals surface area contributed by atoms with Crippen molar-refractivity contribution in [2.45, 2.75) is 45.3 Å². The normalized spacial score (nSPS) is 16.4. The summed E-state index contributed by atoms with van der Waals surface area (Å²) in [6, 6.07) is 15.2. The minimum absolute atomic E-state index is 0.113. The Morgan fingerprint density at radius 2 is 1.69 bits per heavy atom. The monoisotopic (exact) mass is 394 g/mol. The molecular weight excluding hydrogens is 368 g/mol. The van der Waals surface area contributed by atoms with Gasteiger partial charge in [0.2, 0.25) is 5.91 Å². The number of carbonyl (C=O) groups excluding carboxylic acids is 3. The van der Waals surface area contributed by atoms with Crippen molar-refractivity contribution in [3.8, 4) is 0 Å². The van der Waals surface area contributed by atoms with E-state index in [1.807, 2.05) is 18.2 Å². The summed E-state index contributed by atoms with van der Waals surface area (Å²) in [4.78, 5) is 39.3. The molecule has 29 heavy (non-hydrogen) atoms. The number of likely N-dealkylation sites (tertiary alicyclic amines) is 1. The van der Waals surface area contributed by atoms with Crippen LogP contribution in [0, 0.1) is 0 Å². The number of carbonyl (C=O) groups is 3. The molecular formula is C23H26N2O4. The Hall–Kier alpha value is -3.15. The van der Waals surface area contributed by atoms with Gasteiger partial charge in [0.1, 0.15) is 11.6 Å². The number of hydrogen-bond acceptors (Lipinski definition) is 4. The van der Waals surface area contributed by atoms with Crippen LogP contribution in [0.5, 0.6) is 0 Å². The minimum atomic E-state index is -0.618. The Morgan fingerprint density at radius 1 is 1.00 bits per heavy atom. The molecule has 1 N–H and O–H groups in total. The molecule has 1 aliphatic heterocycles. The molecule has 1 fully saturated rings. The van der Waals surface area contributed by atoms with Crippen LogP contribution in [0.4, 0.5) is 10.5 Å². The average molecular weight is 394 g/mol. The highest BCUT2D eigenvalue weighted by atomic mass is 16.6. The van der Waals surface area contributed by atoms with Gasteiger partial charge < -0.3 is 10.1 Å². The Morgan fingerprint density at radius 3 is 2.38 bits per heavy atom. The average Bonchev–Trinajstić information content (AvgIpc) is 3.17. The summed E-state index contributed by atoms with van der Waals surface area (Å²) in [6.45, 7) is 5.88. The number of hydrogen-bond donors (Lipinski definition) is 1. The van der Waals surface area contributed by atoms with Crippen LogP contribution in [-0.2, 0) is 9.53 Å². The molecule has 0 saturated carbocycles. The van der Waals surface area contributed by atoms with Crippen molar-refractivity contribution in [1.29, 1.82) is 0 Å². The van der Waals surface area contributed by atoms with E-state index in [0.717, 1.165) is 6.42 Å². The standard InChI is InChI=1S/C23H26N2O4/c1-23(2,3)29-22(28)25-14-8-13-19(25)21(27)24-18-12-7-11-17(15-18)20(26)16-9-5-4-6-10-16/h4-7,9-12,15,19H,8,13-14H2,1-3H3,(H,24,27)/t19-/m0/s1. The first-order chi connectivity index (χ1) is 13.7. The van der Waals surface area contributed by atoms with Crippen molar-refractivity contribution in [1.82, 2.24) is 4.90 Å². The van der Waals surface area contributed by atoms with E-state index < -0.39 is 17.7 Å². The van der Waals surface area contributed by atoms with E-state index in [-0.39, 0.29) is 11.7 Å². The Labute approximate surface area is 170 Å². The first kappa shape index (κ1) is 20.6. The number of rotatable bonds is 4.